The van der Waals surface area contributed by atoms with Crippen molar-refractivity contribution in [2.45, 2.75) is 26.7 Å². The molecule has 3 aromatic rings. The molecule has 0 aliphatic heterocycles. The van der Waals surface area contributed by atoms with Gasteiger partial charge < -0.3 is 0 Å². The van der Waals surface area contributed by atoms with Gasteiger partial charge in [0.1, 0.15) is 0 Å². The van der Waals surface area contributed by atoms with Crippen LogP contribution >= 0.6 is 0 Å². The maximum atomic E-state index is 14.4. The summed E-state index contributed by atoms with van der Waals surface area (Å²) in [7, 11) is 0. The molecule has 2 heteroatoms. The number of halogens is 2. The minimum absolute atomic E-state index is 0.294. The molecule has 0 fully saturated rings. The highest BCUT2D eigenvalue weighted by molar-refractivity contribution is 5.71. The van der Waals surface area contributed by atoms with Crippen molar-refractivity contribution in [1.82, 2.24) is 0 Å². The van der Waals surface area contributed by atoms with E-state index in [9.17, 15) is 8.78 Å². The lowest BCUT2D eigenvalue weighted by Crippen LogP contribution is -1.97. The van der Waals surface area contributed by atoms with E-state index in [1.807, 2.05) is 62.4 Å². The first kappa shape index (κ1) is 17.9. The van der Waals surface area contributed by atoms with Crippen molar-refractivity contribution >= 4 is 0 Å². The zero-order valence-corrected chi connectivity index (χ0v) is 14.9. The predicted octanol–water partition coefficient (Wildman–Crippen LogP) is 6.62. The van der Waals surface area contributed by atoms with Crippen LogP contribution in [0.25, 0.3) is 22.3 Å². The van der Waals surface area contributed by atoms with Crippen LogP contribution in [0.15, 0.2) is 60.7 Å². The average Bonchev–Trinajstić information content (AvgIpc) is 2.67. The van der Waals surface area contributed by atoms with Crippen molar-refractivity contribution in [3.63, 3.8) is 0 Å². The highest BCUT2D eigenvalue weighted by atomic mass is 19.2. The van der Waals surface area contributed by atoms with Crippen LogP contribution < -0.4 is 0 Å². The lowest BCUT2D eigenvalue weighted by Gasteiger charge is -2.09. The molecular formula is C24H20F2. The first-order valence-corrected chi connectivity index (χ1v) is 8.74. The molecule has 26 heavy (non-hydrogen) atoms. The number of benzene rings is 3. The van der Waals surface area contributed by atoms with Gasteiger partial charge in [0, 0.05) is 11.1 Å². The van der Waals surface area contributed by atoms with Gasteiger partial charge >= 0.3 is 0 Å². The zero-order chi connectivity index (χ0) is 18.5. The van der Waals surface area contributed by atoms with E-state index in [4.69, 9.17) is 0 Å². The van der Waals surface area contributed by atoms with Gasteiger partial charge in [-0.3, -0.25) is 0 Å². The summed E-state index contributed by atoms with van der Waals surface area (Å²) in [6.07, 6.45) is 1.33. The fraction of sp³-hybridized carbons (Fsp3) is 0.167. The summed E-state index contributed by atoms with van der Waals surface area (Å²) in [6, 6.07) is 18.8. The third-order valence-corrected chi connectivity index (χ3v) is 4.37. The topological polar surface area (TPSA) is 0 Å². The fourth-order valence-electron chi connectivity index (χ4n) is 3.01. The van der Waals surface area contributed by atoms with Crippen molar-refractivity contribution < 1.29 is 8.78 Å². The van der Waals surface area contributed by atoms with Gasteiger partial charge in [0.15, 0.2) is 11.6 Å². The van der Waals surface area contributed by atoms with Gasteiger partial charge in [-0.1, -0.05) is 67.8 Å². The van der Waals surface area contributed by atoms with Gasteiger partial charge in [-0.15, -0.1) is 5.92 Å². The minimum Gasteiger partial charge on any atom is -0.203 e. The molecule has 0 amide bonds. The molecule has 0 aliphatic carbocycles. The van der Waals surface area contributed by atoms with Crippen molar-refractivity contribution in [2.75, 3.05) is 0 Å². The Balaban J connectivity index is 1.90. The van der Waals surface area contributed by atoms with Crippen LogP contribution in [-0.2, 0) is 6.42 Å². The summed E-state index contributed by atoms with van der Waals surface area (Å²) < 4.78 is 28.6. The van der Waals surface area contributed by atoms with Crippen LogP contribution in [0, 0.1) is 23.5 Å². The Morgan fingerprint density at radius 1 is 0.731 bits per heavy atom. The van der Waals surface area contributed by atoms with Crippen LogP contribution in [0.1, 0.15) is 31.4 Å². The molecule has 130 valence electrons. The van der Waals surface area contributed by atoms with Gasteiger partial charge in [-0.25, -0.2) is 8.78 Å². The first-order valence-electron chi connectivity index (χ1n) is 8.74. The molecule has 0 aromatic heterocycles. The minimum atomic E-state index is -0.772. The van der Waals surface area contributed by atoms with Crippen LogP contribution in [0.4, 0.5) is 8.78 Å². The second-order valence-corrected chi connectivity index (χ2v) is 6.18. The normalized spacial score (nSPS) is 10.3. The second-order valence-electron chi connectivity index (χ2n) is 6.18. The summed E-state index contributed by atoms with van der Waals surface area (Å²) >= 11 is 0. The Hall–Kier alpha value is -2.92. The Morgan fingerprint density at radius 2 is 1.31 bits per heavy atom. The van der Waals surface area contributed by atoms with E-state index in [-0.39, 0.29) is 0 Å². The standard InChI is InChI=1S/C24H20F2/c1-3-5-17-7-9-18(10-8-17)19-11-13-20(14-12-19)22-16-15-21(6-4-2)23(25)24(22)26/h7-16H,4,6H2,1-2H3. The number of hydrogen-bond acceptors (Lipinski definition) is 0. The predicted molar refractivity (Wildman–Crippen MR) is 104 cm³/mol. The SMILES string of the molecule is CC#Cc1ccc(-c2ccc(-c3ccc(CCC)c(F)c3F)cc2)cc1. The molecule has 0 N–H and O–H groups in total. The largest absolute Gasteiger partial charge is 0.203 e. The molecule has 0 aliphatic rings. The van der Waals surface area contributed by atoms with Gasteiger partial charge in [0.25, 0.3) is 0 Å². The van der Waals surface area contributed by atoms with Crippen molar-refractivity contribution in [3.05, 3.63) is 83.4 Å². The molecule has 0 bridgehead atoms. The van der Waals surface area contributed by atoms with E-state index < -0.39 is 11.6 Å². The second kappa shape index (κ2) is 7.97. The highest BCUT2D eigenvalue weighted by Gasteiger charge is 2.14. The van der Waals surface area contributed by atoms with E-state index in [1.165, 1.54) is 0 Å². The van der Waals surface area contributed by atoms with Crippen molar-refractivity contribution in [2.24, 2.45) is 0 Å². The van der Waals surface area contributed by atoms with Gasteiger partial charge in [-0.2, -0.15) is 0 Å². The third kappa shape index (κ3) is 3.68. The molecule has 0 nitrogen and oxygen atoms in total. The van der Waals surface area contributed by atoms with E-state index >= 15 is 0 Å². The Labute approximate surface area is 153 Å². The smallest absolute Gasteiger partial charge is 0.166 e. The molecule has 0 radical (unpaired) electrons. The van der Waals surface area contributed by atoms with E-state index in [0.717, 1.165) is 23.1 Å². The number of rotatable bonds is 4. The van der Waals surface area contributed by atoms with Gasteiger partial charge in [0.05, 0.1) is 0 Å². The highest BCUT2D eigenvalue weighted by Crippen LogP contribution is 2.29. The van der Waals surface area contributed by atoms with Crippen LogP contribution in [0.5, 0.6) is 0 Å². The number of aryl methyl sites for hydroxylation is 1. The van der Waals surface area contributed by atoms with Crippen molar-refractivity contribution in [1.29, 1.82) is 0 Å². The molecule has 0 unspecified atom stereocenters. The maximum Gasteiger partial charge on any atom is 0.166 e. The zero-order valence-electron chi connectivity index (χ0n) is 14.9. The molecule has 0 atom stereocenters. The average molecular weight is 346 g/mol. The maximum absolute atomic E-state index is 14.4. The van der Waals surface area contributed by atoms with Gasteiger partial charge in [-0.05, 0) is 47.7 Å². The van der Waals surface area contributed by atoms with Crippen molar-refractivity contribution in [3.8, 4) is 34.1 Å². The summed E-state index contributed by atoms with van der Waals surface area (Å²) in [6.45, 7) is 3.76. The van der Waals surface area contributed by atoms with Crippen LogP contribution in [-0.4, -0.2) is 0 Å². The first-order chi connectivity index (χ1) is 12.6. The molecule has 0 saturated heterocycles. The third-order valence-electron chi connectivity index (χ3n) is 4.37. The summed E-state index contributed by atoms with van der Waals surface area (Å²) in [5.41, 5.74) is 4.44. The molecule has 0 spiro atoms. The number of hydrogen-bond donors (Lipinski definition) is 0. The summed E-state index contributed by atoms with van der Waals surface area (Å²) in [4.78, 5) is 0. The molecule has 3 rings (SSSR count). The molecule has 3 aromatic carbocycles. The Morgan fingerprint density at radius 3 is 1.88 bits per heavy atom. The monoisotopic (exact) mass is 346 g/mol. The molecular weight excluding hydrogens is 326 g/mol. The lowest BCUT2D eigenvalue weighted by atomic mass is 9.97. The van der Waals surface area contributed by atoms with Crippen LogP contribution in [0.3, 0.4) is 0 Å². The quantitative estimate of drug-likeness (QED) is 0.466. The van der Waals surface area contributed by atoms with Crippen LogP contribution in [0.2, 0.25) is 0 Å². The van der Waals surface area contributed by atoms with E-state index in [1.54, 1.807) is 12.1 Å². The lowest BCUT2D eigenvalue weighted by molar-refractivity contribution is 0.500. The summed E-state index contributed by atoms with van der Waals surface area (Å²) in [5, 5.41) is 0. The molecule has 0 saturated carbocycles. The van der Waals surface area contributed by atoms with Gasteiger partial charge in [0.2, 0.25) is 0 Å². The van der Waals surface area contributed by atoms with E-state index in [0.29, 0.717) is 23.1 Å². The fourth-order valence-corrected chi connectivity index (χ4v) is 3.01. The Kier molecular flexibility index (Phi) is 5.49. The summed E-state index contributed by atoms with van der Waals surface area (Å²) in [5.74, 6) is 4.38. The Bertz CT molecular complexity index is 956. The molecule has 0 heterocycles. The van der Waals surface area contributed by atoms with E-state index in [2.05, 4.69) is 11.8 Å².